The molecule has 17 heavy (non-hydrogen) atoms. The zero-order valence-electron chi connectivity index (χ0n) is 9.48. The first kappa shape index (κ1) is 11.9. The second-order valence-electron chi connectivity index (χ2n) is 4.36. The molecule has 0 aliphatic heterocycles. The molecule has 1 aliphatic rings. The Bertz CT molecular complexity index is 455. The Morgan fingerprint density at radius 2 is 2.12 bits per heavy atom. The minimum Gasteiger partial charge on any atom is -0.391 e. The average Bonchev–Trinajstić information content (AvgIpc) is 2.32. The van der Waals surface area contributed by atoms with Gasteiger partial charge >= 0.3 is 0 Å². The van der Waals surface area contributed by atoms with Gasteiger partial charge in [0.15, 0.2) is 0 Å². The van der Waals surface area contributed by atoms with E-state index in [-0.39, 0.29) is 23.2 Å². The number of aliphatic hydroxyl groups is 1. The van der Waals surface area contributed by atoms with Crippen LogP contribution in [0.5, 0.6) is 0 Å². The van der Waals surface area contributed by atoms with Gasteiger partial charge in [-0.1, -0.05) is 18.9 Å². The molecule has 0 radical (unpaired) electrons. The van der Waals surface area contributed by atoms with Crippen LogP contribution < -0.4 is 10.9 Å². The molecule has 2 rings (SSSR count). The maximum absolute atomic E-state index is 11.8. The number of pyridine rings is 1. The van der Waals surface area contributed by atoms with E-state index in [9.17, 15) is 14.7 Å². The minimum atomic E-state index is -0.483. The Labute approximate surface area is 98.9 Å². The summed E-state index contributed by atoms with van der Waals surface area (Å²) in [6.07, 6.45) is 3.02. The van der Waals surface area contributed by atoms with Crippen LogP contribution in [0.25, 0.3) is 0 Å². The molecule has 1 fully saturated rings. The van der Waals surface area contributed by atoms with Gasteiger partial charge in [0.2, 0.25) is 5.56 Å². The number of hydrogen-bond donors (Lipinski definition) is 3. The minimum absolute atomic E-state index is 0.208. The summed E-state index contributed by atoms with van der Waals surface area (Å²) in [7, 11) is 0. The fraction of sp³-hybridized carbons (Fsp3) is 0.500. The molecule has 1 amide bonds. The molecule has 1 heterocycles. The lowest BCUT2D eigenvalue weighted by atomic mass is 9.92. The van der Waals surface area contributed by atoms with E-state index < -0.39 is 6.10 Å². The number of nitrogens with one attached hydrogen (secondary N) is 2. The van der Waals surface area contributed by atoms with E-state index in [2.05, 4.69) is 10.3 Å². The molecule has 0 aromatic carbocycles. The van der Waals surface area contributed by atoms with E-state index in [0.717, 1.165) is 25.7 Å². The molecular weight excluding hydrogens is 220 g/mol. The third kappa shape index (κ3) is 2.94. The molecule has 0 bridgehead atoms. The van der Waals surface area contributed by atoms with Gasteiger partial charge in [0.05, 0.1) is 12.1 Å². The second-order valence-corrected chi connectivity index (χ2v) is 4.36. The van der Waals surface area contributed by atoms with Gasteiger partial charge in [-0.25, -0.2) is 0 Å². The summed E-state index contributed by atoms with van der Waals surface area (Å²) in [4.78, 5) is 25.3. The van der Waals surface area contributed by atoms with Crippen LogP contribution in [0.15, 0.2) is 23.0 Å². The first-order valence-corrected chi connectivity index (χ1v) is 5.85. The van der Waals surface area contributed by atoms with E-state index >= 15 is 0 Å². The zero-order chi connectivity index (χ0) is 12.3. The number of aliphatic hydroxyl groups excluding tert-OH is 1. The van der Waals surface area contributed by atoms with E-state index in [0.29, 0.717) is 0 Å². The SMILES string of the molecule is O=C(N[C@H]1CCCC[C@@H]1O)c1cccc(=O)[nH]1. The van der Waals surface area contributed by atoms with Crippen molar-refractivity contribution in [3.8, 4) is 0 Å². The van der Waals surface area contributed by atoms with Crippen molar-refractivity contribution in [2.75, 3.05) is 0 Å². The molecule has 0 unspecified atom stereocenters. The van der Waals surface area contributed by atoms with Gasteiger partial charge in [-0.3, -0.25) is 9.59 Å². The van der Waals surface area contributed by atoms with Crippen molar-refractivity contribution in [2.24, 2.45) is 0 Å². The summed E-state index contributed by atoms with van der Waals surface area (Å²) < 4.78 is 0. The highest BCUT2D eigenvalue weighted by Crippen LogP contribution is 2.18. The summed E-state index contributed by atoms with van der Waals surface area (Å²) in [5, 5.41) is 12.5. The summed E-state index contributed by atoms with van der Waals surface area (Å²) in [6.45, 7) is 0. The molecule has 92 valence electrons. The fourth-order valence-corrected chi connectivity index (χ4v) is 2.11. The second kappa shape index (κ2) is 5.14. The number of rotatable bonds is 2. The van der Waals surface area contributed by atoms with Gasteiger partial charge in [0.1, 0.15) is 5.69 Å². The van der Waals surface area contributed by atoms with Crippen LogP contribution in [0.3, 0.4) is 0 Å². The van der Waals surface area contributed by atoms with E-state index in [1.165, 1.54) is 12.1 Å². The highest BCUT2D eigenvalue weighted by atomic mass is 16.3. The number of aromatic nitrogens is 1. The lowest BCUT2D eigenvalue weighted by Gasteiger charge is -2.28. The third-order valence-corrected chi connectivity index (χ3v) is 3.06. The third-order valence-electron chi connectivity index (χ3n) is 3.06. The standard InChI is InChI=1S/C12H16N2O3/c15-10-6-2-1-4-8(10)14-12(17)9-5-3-7-11(16)13-9/h3,5,7-8,10,15H,1-2,4,6H2,(H,13,16)(H,14,17)/t8-,10-/m0/s1. The van der Waals surface area contributed by atoms with Crippen molar-refractivity contribution in [1.82, 2.24) is 10.3 Å². The van der Waals surface area contributed by atoms with Crippen molar-refractivity contribution in [3.05, 3.63) is 34.2 Å². The smallest absolute Gasteiger partial charge is 0.268 e. The van der Waals surface area contributed by atoms with Crippen LogP contribution in [-0.4, -0.2) is 28.1 Å². The summed E-state index contributed by atoms with van der Waals surface area (Å²) in [5.74, 6) is -0.339. The van der Waals surface area contributed by atoms with Gasteiger partial charge in [-0.2, -0.15) is 0 Å². The molecule has 2 atom stereocenters. The van der Waals surface area contributed by atoms with Crippen molar-refractivity contribution < 1.29 is 9.90 Å². The molecule has 5 nitrogen and oxygen atoms in total. The molecule has 1 saturated carbocycles. The Morgan fingerprint density at radius 3 is 2.82 bits per heavy atom. The Hall–Kier alpha value is -1.62. The monoisotopic (exact) mass is 236 g/mol. The molecule has 1 aliphatic carbocycles. The van der Waals surface area contributed by atoms with E-state index in [1.807, 2.05) is 0 Å². The van der Waals surface area contributed by atoms with Gasteiger partial charge in [0.25, 0.3) is 5.91 Å². The van der Waals surface area contributed by atoms with Crippen LogP contribution in [0.1, 0.15) is 36.2 Å². The van der Waals surface area contributed by atoms with Crippen LogP contribution >= 0.6 is 0 Å². The van der Waals surface area contributed by atoms with Gasteiger partial charge in [-0.05, 0) is 18.9 Å². The normalized spacial score (nSPS) is 24.3. The molecule has 3 N–H and O–H groups in total. The topological polar surface area (TPSA) is 82.2 Å². The molecule has 0 spiro atoms. The van der Waals surface area contributed by atoms with E-state index in [4.69, 9.17) is 0 Å². The first-order valence-electron chi connectivity index (χ1n) is 5.85. The maximum atomic E-state index is 11.8. The van der Waals surface area contributed by atoms with Gasteiger partial charge in [-0.15, -0.1) is 0 Å². The van der Waals surface area contributed by atoms with Crippen LogP contribution in [0, 0.1) is 0 Å². The fourth-order valence-electron chi connectivity index (χ4n) is 2.11. The van der Waals surface area contributed by atoms with Crippen LogP contribution in [0.4, 0.5) is 0 Å². The maximum Gasteiger partial charge on any atom is 0.268 e. The first-order chi connectivity index (χ1) is 8.16. The van der Waals surface area contributed by atoms with Crippen molar-refractivity contribution in [1.29, 1.82) is 0 Å². The zero-order valence-corrected chi connectivity index (χ0v) is 9.48. The number of aromatic amines is 1. The van der Waals surface area contributed by atoms with Crippen molar-refractivity contribution >= 4 is 5.91 Å². The number of hydrogen-bond acceptors (Lipinski definition) is 3. The number of amides is 1. The lowest BCUT2D eigenvalue weighted by molar-refractivity contribution is 0.0713. The molecule has 0 saturated heterocycles. The van der Waals surface area contributed by atoms with E-state index in [1.54, 1.807) is 6.07 Å². The molecule has 1 aromatic heterocycles. The lowest BCUT2D eigenvalue weighted by Crippen LogP contribution is -2.45. The highest BCUT2D eigenvalue weighted by Gasteiger charge is 2.24. The predicted octanol–water partition coefficient (Wildman–Crippen LogP) is 0.408. The van der Waals surface area contributed by atoms with Gasteiger partial charge in [0, 0.05) is 6.07 Å². The Balaban J connectivity index is 2.03. The number of H-pyrrole nitrogens is 1. The molecular formula is C12H16N2O3. The summed E-state index contributed by atoms with van der Waals surface area (Å²) in [5.41, 5.74) is -0.0721. The molecule has 1 aromatic rings. The summed E-state index contributed by atoms with van der Waals surface area (Å²) >= 11 is 0. The van der Waals surface area contributed by atoms with Crippen molar-refractivity contribution in [3.63, 3.8) is 0 Å². The quantitative estimate of drug-likeness (QED) is 0.695. The van der Waals surface area contributed by atoms with Gasteiger partial charge < -0.3 is 15.4 Å². The average molecular weight is 236 g/mol. The Kier molecular flexibility index (Phi) is 3.58. The van der Waals surface area contributed by atoms with Crippen molar-refractivity contribution in [2.45, 2.75) is 37.8 Å². The summed E-state index contributed by atoms with van der Waals surface area (Å²) in [6, 6.07) is 4.23. The van der Waals surface area contributed by atoms with Crippen LogP contribution in [-0.2, 0) is 0 Å². The highest BCUT2D eigenvalue weighted by molar-refractivity contribution is 5.92. The number of carbonyl (C=O) groups excluding carboxylic acids is 1. The molecule has 5 heteroatoms. The number of carbonyl (C=O) groups is 1. The largest absolute Gasteiger partial charge is 0.391 e. The predicted molar refractivity (Wildman–Crippen MR) is 62.8 cm³/mol. The Morgan fingerprint density at radius 1 is 1.35 bits per heavy atom. The van der Waals surface area contributed by atoms with Crippen LogP contribution in [0.2, 0.25) is 0 Å².